The maximum atomic E-state index is 2.48. The van der Waals surface area contributed by atoms with Crippen LogP contribution in [0.3, 0.4) is 0 Å². The van der Waals surface area contributed by atoms with E-state index in [0.29, 0.717) is 0 Å². The molecule has 54 valence electrons. The van der Waals surface area contributed by atoms with Crippen LogP contribution in [0.1, 0.15) is 19.3 Å². The largest absolute Gasteiger partial charge is 0.162 e. The van der Waals surface area contributed by atoms with Crippen LogP contribution >= 0.6 is 11.8 Å². The minimum atomic E-state index is -0.289. The molecular weight excluding hydrogens is 144 g/mol. The van der Waals surface area contributed by atoms with Crippen LogP contribution in [0.15, 0.2) is 0 Å². The van der Waals surface area contributed by atoms with Gasteiger partial charge in [-0.05, 0) is 23.5 Å². The van der Waals surface area contributed by atoms with Crippen molar-refractivity contribution in [2.45, 2.75) is 37.2 Å². The first-order valence-corrected chi connectivity index (χ1v) is 7.95. The minimum absolute atomic E-state index is 0.289. The lowest BCUT2D eigenvalue weighted by atomic mass is 10.3. The standard InChI is InChI=1S/C7H16SSi/c1-9(2)7-5-3-4-6-8-7/h7,9H,3-6H2,1-2H3. The highest BCUT2D eigenvalue weighted by molar-refractivity contribution is 8.01. The van der Waals surface area contributed by atoms with Crippen LogP contribution < -0.4 is 0 Å². The first-order valence-electron chi connectivity index (χ1n) is 3.92. The fourth-order valence-electron chi connectivity index (χ4n) is 1.29. The molecule has 1 aliphatic heterocycles. The van der Waals surface area contributed by atoms with Crippen LogP contribution in [-0.2, 0) is 0 Å². The van der Waals surface area contributed by atoms with Gasteiger partial charge in [0, 0.05) is 8.80 Å². The predicted molar refractivity (Wildman–Crippen MR) is 49.0 cm³/mol. The van der Waals surface area contributed by atoms with Crippen LogP contribution in [0.25, 0.3) is 0 Å². The Balaban J connectivity index is 2.23. The summed E-state index contributed by atoms with van der Waals surface area (Å²) in [5.41, 5.74) is 0. The number of thioether (sulfide) groups is 1. The van der Waals surface area contributed by atoms with E-state index in [2.05, 4.69) is 24.9 Å². The summed E-state index contributed by atoms with van der Waals surface area (Å²) in [6, 6.07) is 0. The summed E-state index contributed by atoms with van der Waals surface area (Å²) >= 11 is 2.23. The van der Waals surface area contributed by atoms with Gasteiger partial charge in [0.2, 0.25) is 0 Å². The van der Waals surface area contributed by atoms with Crippen molar-refractivity contribution < 1.29 is 0 Å². The smallest absolute Gasteiger partial charge is 0.0457 e. The van der Waals surface area contributed by atoms with E-state index in [4.69, 9.17) is 0 Å². The summed E-state index contributed by atoms with van der Waals surface area (Å²) in [5.74, 6) is 1.44. The second-order valence-corrected chi connectivity index (χ2v) is 8.27. The zero-order chi connectivity index (χ0) is 6.69. The normalized spacial score (nSPS) is 29.0. The average molecular weight is 160 g/mol. The third-order valence-corrected chi connectivity index (χ3v) is 7.18. The molecule has 0 bridgehead atoms. The molecule has 0 spiro atoms. The van der Waals surface area contributed by atoms with E-state index in [1.165, 1.54) is 25.0 Å². The zero-order valence-electron chi connectivity index (χ0n) is 6.39. The lowest BCUT2D eigenvalue weighted by Gasteiger charge is -2.23. The average Bonchev–Trinajstić information content (AvgIpc) is 1.90. The summed E-state index contributed by atoms with van der Waals surface area (Å²) in [6.07, 6.45) is 4.50. The van der Waals surface area contributed by atoms with E-state index in [9.17, 15) is 0 Å². The molecule has 1 aliphatic rings. The van der Waals surface area contributed by atoms with Crippen molar-refractivity contribution in [2.75, 3.05) is 5.75 Å². The Morgan fingerprint density at radius 3 is 2.44 bits per heavy atom. The molecule has 0 saturated carbocycles. The fraction of sp³-hybridized carbons (Fsp3) is 1.00. The Labute approximate surface area is 64.0 Å². The Morgan fingerprint density at radius 2 is 2.11 bits per heavy atom. The number of hydrogen-bond acceptors (Lipinski definition) is 1. The molecule has 1 fully saturated rings. The Hall–Kier alpha value is 0.567. The van der Waals surface area contributed by atoms with Crippen LogP contribution in [0, 0.1) is 0 Å². The second-order valence-electron chi connectivity index (χ2n) is 3.15. The molecule has 1 unspecified atom stereocenters. The van der Waals surface area contributed by atoms with Crippen LogP contribution in [0.5, 0.6) is 0 Å². The molecule has 1 rings (SSSR count). The first kappa shape index (κ1) is 7.67. The van der Waals surface area contributed by atoms with Gasteiger partial charge in [0.1, 0.15) is 0 Å². The molecule has 0 N–H and O–H groups in total. The van der Waals surface area contributed by atoms with Crippen molar-refractivity contribution in [3.8, 4) is 0 Å². The first-order chi connectivity index (χ1) is 4.30. The number of hydrogen-bond donors (Lipinski definition) is 0. The monoisotopic (exact) mass is 160 g/mol. The van der Waals surface area contributed by atoms with Gasteiger partial charge in [-0.25, -0.2) is 0 Å². The maximum Gasteiger partial charge on any atom is 0.0457 e. The van der Waals surface area contributed by atoms with Crippen LogP contribution in [0.2, 0.25) is 13.1 Å². The molecule has 2 heteroatoms. The Morgan fingerprint density at radius 1 is 1.33 bits per heavy atom. The molecule has 0 aromatic rings. The number of rotatable bonds is 1. The molecule has 1 heterocycles. The van der Waals surface area contributed by atoms with Gasteiger partial charge < -0.3 is 0 Å². The molecule has 0 aromatic heterocycles. The van der Waals surface area contributed by atoms with Crippen LogP contribution in [0.4, 0.5) is 0 Å². The summed E-state index contributed by atoms with van der Waals surface area (Å²) in [6.45, 7) is 4.95. The molecule has 0 aliphatic carbocycles. The highest BCUT2D eigenvalue weighted by Crippen LogP contribution is 2.26. The highest BCUT2D eigenvalue weighted by Gasteiger charge is 2.17. The molecule has 0 amide bonds. The van der Waals surface area contributed by atoms with E-state index < -0.39 is 0 Å². The van der Waals surface area contributed by atoms with Gasteiger partial charge in [-0.3, -0.25) is 0 Å². The summed E-state index contributed by atoms with van der Waals surface area (Å²) in [5, 5.41) is 0. The van der Waals surface area contributed by atoms with Crippen LogP contribution in [-0.4, -0.2) is 19.4 Å². The van der Waals surface area contributed by atoms with E-state index in [0.717, 1.165) is 4.87 Å². The van der Waals surface area contributed by atoms with Crippen molar-refractivity contribution in [3.63, 3.8) is 0 Å². The minimum Gasteiger partial charge on any atom is -0.162 e. The summed E-state index contributed by atoms with van der Waals surface area (Å²) in [7, 11) is -0.289. The molecule has 0 aromatic carbocycles. The maximum absolute atomic E-state index is 2.48. The molecule has 1 saturated heterocycles. The lowest BCUT2D eigenvalue weighted by molar-refractivity contribution is 0.737. The quantitative estimate of drug-likeness (QED) is 0.530. The van der Waals surface area contributed by atoms with Gasteiger partial charge in [-0.1, -0.05) is 19.5 Å². The SMILES string of the molecule is C[SiH](C)C1CCCCS1. The highest BCUT2D eigenvalue weighted by atomic mass is 32.2. The van der Waals surface area contributed by atoms with Gasteiger partial charge in [0.25, 0.3) is 0 Å². The van der Waals surface area contributed by atoms with Crippen molar-refractivity contribution in [3.05, 3.63) is 0 Å². The third-order valence-electron chi connectivity index (χ3n) is 1.96. The zero-order valence-corrected chi connectivity index (χ0v) is 8.36. The molecule has 0 radical (unpaired) electrons. The van der Waals surface area contributed by atoms with Gasteiger partial charge >= 0.3 is 0 Å². The van der Waals surface area contributed by atoms with E-state index in [1.807, 2.05) is 0 Å². The fourth-order valence-corrected chi connectivity index (χ4v) is 5.15. The second kappa shape index (κ2) is 3.67. The summed E-state index contributed by atoms with van der Waals surface area (Å²) in [4.78, 5) is 1.11. The Kier molecular flexibility index (Phi) is 3.13. The van der Waals surface area contributed by atoms with E-state index in [-0.39, 0.29) is 8.80 Å². The van der Waals surface area contributed by atoms with Crippen molar-refractivity contribution in [2.24, 2.45) is 0 Å². The van der Waals surface area contributed by atoms with E-state index >= 15 is 0 Å². The van der Waals surface area contributed by atoms with Gasteiger partial charge in [0.15, 0.2) is 0 Å². The van der Waals surface area contributed by atoms with Crippen molar-refractivity contribution in [1.29, 1.82) is 0 Å². The van der Waals surface area contributed by atoms with Gasteiger partial charge in [-0.15, -0.1) is 0 Å². The molecule has 0 nitrogen and oxygen atoms in total. The van der Waals surface area contributed by atoms with Crippen molar-refractivity contribution in [1.82, 2.24) is 0 Å². The lowest BCUT2D eigenvalue weighted by Crippen LogP contribution is -2.23. The molecular formula is C7H16SSi. The topological polar surface area (TPSA) is 0 Å². The Bertz CT molecular complexity index is 77.0. The molecule has 9 heavy (non-hydrogen) atoms. The predicted octanol–water partition coefficient (Wildman–Crippen LogP) is 2.30. The van der Waals surface area contributed by atoms with Gasteiger partial charge in [0.05, 0.1) is 0 Å². The molecule has 1 atom stereocenters. The van der Waals surface area contributed by atoms with Crippen molar-refractivity contribution >= 4 is 20.6 Å². The third kappa shape index (κ3) is 2.34. The van der Waals surface area contributed by atoms with E-state index in [1.54, 1.807) is 0 Å². The summed E-state index contributed by atoms with van der Waals surface area (Å²) < 4.78 is 0. The van der Waals surface area contributed by atoms with Gasteiger partial charge in [-0.2, -0.15) is 11.8 Å².